The third kappa shape index (κ3) is 2.72. The fourth-order valence-electron chi connectivity index (χ4n) is 2.98. The quantitative estimate of drug-likeness (QED) is 0.823. The van der Waals surface area contributed by atoms with E-state index in [1.807, 2.05) is 18.2 Å². The molecule has 0 N–H and O–H groups in total. The predicted octanol–water partition coefficient (Wildman–Crippen LogP) is 4.26. The molecule has 0 aromatic heterocycles. The Morgan fingerprint density at radius 2 is 1.95 bits per heavy atom. The fraction of sp³-hybridized carbons (Fsp3) is 0.600. The highest BCUT2D eigenvalue weighted by molar-refractivity contribution is 6.35. The van der Waals surface area contributed by atoms with E-state index in [0.717, 1.165) is 35.0 Å². The van der Waals surface area contributed by atoms with Gasteiger partial charge in [0.15, 0.2) is 0 Å². The van der Waals surface area contributed by atoms with Gasteiger partial charge < -0.3 is 4.90 Å². The summed E-state index contributed by atoms with van der Waals surface area (Å²) in [4.78, 5) is 5.01. The minimum absolute atomic E-state index is 0.627. The van der Waals surface area contributed by atoms with Crippen molar-refractivity contribution in [3.63, 3.8) is 0 Å². The maximum absolute atomic E-state index is 6.33. The molecular weight excluding hydrogens is 279 g/mol. The summed E-state index contributed by atoms with van der Waals surface area (Å²) in [6.45, 7) is 6.65. The first kappa shape index (κ1) is 13.5. The lowest BCUT2D eigenvalue weighted by Crippen LogP contribution is -2.36. The molecule has 1 atom stereocenters. The molecule has 1 saturated heterocycles. The normalized spacial score (nSPS) is 24.5. The monoisotopic (exact) mass is 298 g/mol. The van der Waals surface area contributed by atoms with Crippen molar-refractivity contribution in [2.24, 2.45) is 5.92 Å². The lowest BCUT2D eigenvalue weighted by Gasteiger charge is -2.25. The molecule has 1 aliphatic heterocycles. The van der Waals surface area contributed by atoms with E-state index < -0.39 is 0 Å². The molecule has 0 radical (unpaired) electrons. The number of hydrogen-bond donors (Lipinski definition) is 0. The Morgan fingerprint density at radius 3 is 2.58 bits per heavy atom. The third-order valence-corrected chi connectivity index (χ3v) is 4.76. The molecule has 19 heavy (non-hydrogen) atoms. The van der Waals surface area contributed by atoms with E-state index in [4.69, 9.17) is 23.2 Å². The number of anilines is 1. The number of benzene rings is 1. The molecule has 1 aromatic rings. The highest BCUT2D eigenvalue weighted by atomic mass is 35.5. The van der Waals surface area contributed by atoms with Crippen LogP contribution in [0.25, 0.3) is 0 Å². The van der Waals surface area contributed by atoms with Crippen molar-refractivity contribution in [1.29, 1.82) is 0 Å². The first-order valence-corrected chi connectivity index (χ1v) is 7.77. The number of halogens is 2. The molecule has 0 spiro atoms. The second-order valence-corrected chi connectivity index (χ2v) is 6.86. The molecule has 1 aliphatic carbocycles. The van der Waals surface area contributed by atoms with Gasteiger partial charge in [-0.2, -0.15) is 0 Å². The highest BCUT2D eigenvalue weighted by Gasteiger charge is 2.41. The Kier molecular flexibility index (Phi) is 3.67. The van der Waals surface area contributed by atoms with E-state index in [2.05, 4.69) is 23.6 Å². The van der Waals surface area contributed by atoms with Crippen LogP contribution in [-0.4, -0.2) is 30.2 Å². The van der Waals surface area contributed by atoms with Crippen molar-refractivity contribution < 1.29 is 0 Å². The number of hydrogen-bond acceptors (Lipinski definition) is 2. The summed E-state index contributed by atoms with van der Waals surface area (Å²) in [5, 5.41) is 1.55. The molecule has 0 amide bonds. The molecule has 2 aliphatic rings. The third-order valence-electron chi connectivity index (χ3n) is 4.20. The van der Waals surface area contributed by atoms with E-state index in [9.17, 15) is 0 Å². The number of rotatable bonds is 3. The molecule has 2 nitrogen and oxygen atoms in total. The van der Waals surface area contributed by atoms with Crippen LogP contribution < -0.4 is 4.90 Å². The largest absolute Gasteiger partial charge is 0.356 e. The molecule has 104 valence electrons. The van der Waals surface area contributed by atoms with Crippen LogP contribution in [0.15, 0.2) is 18.2 Å². The van der Waals surface area contributed by atoms with Crippen molar-refractivity contribution >= 4 is 28.9 Å². The van der Waals surface area contributed by atoms with Gasteiger partial charge in [0.2, 0.25) is 0 Å². The Bertz CT molecular complexity index is 461. The van der Waals surface area contributed by atoms with Crippen LogP contribution in [0.5, 0.6) is 0 Å². The molecule has 3 rings (SSSR count). The van der Waals surface area contributed by atoms with E-state index in [-0.39, 0.29) is 0 Å². The summed E-state index contributed by atoms with van der Waals surface area (Å²) in [5.41, 5.74) is 1.07. The minimum atomic E-state index is 0.627. The van der Waals surface area contributed by atoms with Crippen molar-refractivity contribution in [2.75, 3.05) is 18.1 Å². The van der Waals surface area contributed by atoms with E-state index in [0.29, 0.717) is 12.0 Å². The molecule has 1 heterocycles. The summed E-state index contributed by atoms with van der Waals surface area (Å²) in [6.07, 6.45) is 2.70. The maximum Gasteiger partial charge on any atom is 0.0713 e. The summed E-state index contributed by atoms with van der Waals surface area (Å²) < 4.78 is 0. The van der Waals surface area contributed by atoms with Gasteiger partial charge >= 0.3 is 0 Å². The van der Waals surface area contributed by atoms with Gasteiger partial charge in [0.1, 0.15) is 0 Å². The molecular formula is C15H20Cl2N2. The predicted molar refractivity (Wildman–Crippen MR) is 82.2 cm³/mol. The fourth-order valence-corrected chi connectivity index (χ4v) is 3.38. The van der Waals surface area contributed by atoms with Crippen LogP contribution >= 0.6 is 23.2 Å². The van der Waals surface area contributed by atoms with E-state index >= 15 is 0 Å². The van der Waals surface area contributed by atoms with Crippen LogP contribution in [0, 0.1) is 5.92 Å². The Morgan fingerprint density at radius 1 is 1.21 bits per heavy atom. The zero-order valence-electron chi connectivity index (χ0n) is 11.4. The Labute approximate surface area is 125 Å². The van der Waals surface area contributed by atoms with Gasteiger partial charge in [-0.3, -0.25) is 4.90 Å². The minimum Gasteiger partial charge on any atom is -0.356 e. The van der Waals surface area contributed by atoms with E-state index in [1.165, 1.54) is 12.8 Å². The lowest BCUT2D eigenvalue weighted by atomic mass is 10.0. The van der Waals surface area contributed by atoms with Crippen molar-refractivity contribution in [3.05, 3.63) is 28.2 Å². The summed E-state index contributed by atoms with van der Waals surface area (Å²) in [6, 6.07) is 7.14. The van der Waals surface area contributed by atoms with Gasteiger partial charge in [-0.15, -0.1) is 0 Å². The maximum atomic E-state index is 6.33. The molecule has 1 saturated carbocycles. The SMILES string of the molecule is CC(C)C1CN(c2cc(Cl)ccc2Cl)CN1C1CC1. The topological polar surface area (TPSA) is 6.48 Å². The van der Waals surface area contributed by atoms with Crippen LogP contribution in [-0.2, 0) is 0 Å². The molecule has 1 unspecified atom stereocenters. The highest BCUT2D eigenvalue weighted by Crippen LogP contribution is 2.38. The van der Waals surface area contributed by atoms with Gasteiger partial charge in [0, 0.05) is 23.7 Å². The average Bonchev–Trinajstić information content (AvgIpc) is 3.11. The van der Waals surface area contributed by atoms with Gasteiger partial charge in [-0.25, -0.2) is 0 Å². The smallest absolute Gasteiger partial charge is 0.0713 e. The average molecular weight is 299 g/mol. The standard InChI is InChI=1S/C15H20Cl2N2/c1-10(2)15-8-18(9-19(15)12-4-5-12)14-7-11(16)3-6-13(14)17/h3,6-7,10,12,15H,4-5,8-9H2,1-2H3. The van der Waals surface area contributed by atoms with E-state index in [1.54, 1.807) is 0 Å². The Hall–Kier alpha value is -0.440. The molecule has 2 fully saturated rings. The Balaban J connectivity index is 1.84. The van der Waals surface area contributed by atoms with Crippen molar-refractivity contribution in [3.8, 4) is 0 Å². The zero-order valence-corrected chi connectivity index (χ0v) is 13.0. The van der Waals surface area contributed by atoms with Crippen LogP contribution in [0.1, 0.15) is 26.7 Å². The van der Waals surface area contributed by atoms with Crippen LogP contribution in [0.2, 0.25) is 10.0 Å². The molecule has 0 bridgehead atoms. The lowest BCUT2D eigenvalue weighted by molar-refractivity contribution is 0.204. The first-order chi connectivity index (χ1) is 9.06. The van der Waals surface area contributed by atoms with Gasteiger partial charge in [0.25, 0.3) is 0 Å². The van der Waals surface area contributed by atoms with Crippen molar-refractivity contribution in [1.82, 2.24) is 4.90 Å². The summed E-state index contributed by atoms with van der Waals surface area (Å²) >= 11 is 12.4. The second kappa shape index (κ2) is 5.16. The first-order valence-electron chi connectivity index (χ1n) is 7.02. The van der Waals surface area contributed by atoms with Crippen LogP contribution in [0.3, 0.4) is 0 Å². The number of nitrogens with zero attached hydrogens (tertiary/aromatic N) is 2. The van der Waals surface area contributed by atoms with Gasteiger partial charge in [-0.05, 0) is 37.0 Å². The summed E-state index contributed by atoms with van der Waals surface area (Å²) in [7, 11) is 0. The second-order valence-electron chi connectivity index (χ2n) is 6.02. The molecule has 4 heteroatoms. The van der Waals surface area contributed by atoms with Crippen LogP contribution in [0.4, 0.5) is 5.69 Å². The van der Waals surface area contributed by atoms with Gasteiger partial charge in [0.05, 0.1) is 17.4 Å². The molecule has 1 aromatic carbocycles. The van der Waals surface area contributed by atoms with Crippen molar-refractivity contribution in [2.45, 2.75) is 38.8 Å². The van der Waals surface area contributed by atoms with Gasteiger partial charge in [-0.1, -0.05) is 37.0 Å². The summed E-state index contributed by atoms with van der Waals surface area (Å²) in [5.74, 6) is 0.670. The zero-order chi connectivity index (χ0) is 13.6.